The van der Waals surface area contributed by atoms with Crippen molar-refractivity contribution in [3.05, 3.63) is 35.0 Å². The minimum absolute atomic E-state index is 0.803. The Balaban J connectivity index is 1.95. The smallest absolute Gasteiger partial charge is 0.0488 e. The molecule has 1 aliphatic rings. The van der Waals surface area contributed by atoms with Crippen molar-refractivity contribution < 1.29 is 0 Å². The zero-order valence-electron chi connectivity index (χ0n) is 11.3. The van der Waals surface area contributed by atoms with Gasteiger partial charge in [-0.1, -0.05) is 18.2 Å². The Morgan fingerprint density at radius 2 is 2.17 bits per heavy atom. The number of piperidine rings is 1. The fraction of sp³-hybridized carbons (Fsp3) is 0.500. The predicted molar refractivity (Wildman–Crippen MR) is 77.1 cm³/mol. The second kappa shape index (κ2) is 4.77. The Kier molecular flexibility index (Phi) is 3.13. The standard InChI is InChI=1S/C16H22N2/c1-11-5-3-7-14-15(12(2)18-16(11)14)9-13-6-4-8-17-10-13/h3,5,7,13,17-18H,4,6,8-10H2,1-2H3. The first-order valence-corrected chi connectivity index (χ1v) is 7.03. The Hall–Kier alpha value is -1.28. The van der Waals surface area contributed by atoms with E-state index in [9.17, 15) is 0 Å². The van der Waals surface area contributed by atoms with Gasteiger partial charge in [0, 0.05) is 16.6 Å². The Morgan fingerprint density at radius 3 is 2.94 bits per heavy atom. The van der Waals surface area contributed by atoms with Crippen LogP contribution in [0.3, 0.4) is 0 Å². The lowest BCUT2D eigenvalue weighted by atomic mass is 9.91. The number of nitrogens with one attached hydrogen (secondary N) is 2. The third-order valence-electron chi connectivity index (χ3n) is 4.25. The van der Waals surface area contributed by atoms with Gasteiger partial charge < -0.3 is 10.3 Å². The van der Waals surface area contributed by atoms with Crippen molar-refractivity contribution in [1.29, 1.82) is 0 Å². The van der Waals surface area contributed by atoms with E-state index in [2.05, 4.69) is 42.3 Å². The Bertz CT molecular complexity index is 547. The van der Waals surface area contributed by atoms with Crippen molar-refractivity contribution in [3.8, 4) is 0 Å². The highest BCUT2D eigenvalue weighted by molar-refractivity contribution is 5.87. The van der Waals surface area contributed by atoms with Crippen LogP contribution in [0.25, 0.3) is 10.9 Å². The highest BCUT2D eigenvalue weighted by atomic mass is 14.9. The number of benzene rings is 1. The van der Waals surface area contributed by atoms with E-state index in [1.54, 1.807) is 0 Å². The molecule has 18 heavy (non-hydrogen) atoms. The summed E-state index contributed by atoms with van der Waals surface area (Å²) in [7, 11) is 0. The molecule has 0 amide bonds. The molecule has 1 unspecified atom stereocenters. The monoisotopic (exact) mass is 242 g/mol. The van der Waals surface area contributed by atoms with Crippen molar-refractivity contribution in [1.82, 2.24) is 10.3 Å². The van der Waals surface area contributed by atoms with Gasteiger partial charge in [0.25, 0.3) is 0 Å². The van der Waals surface area contributed by atoms with Crippen LogP contribution in [0.4, 0.5) is 0 Å². The number of hydrogen-bond donors (Lipinski definition) is 2. The summed E-state index contributed by atoms with van der Waals surface area (Å²) in [6.45, 7) is 6.77. The van der Waals surface area contributed by atoms with Crippen LogP contribution in [0.2, 0.25) is 0 Å². The number of rotatable bonds is 2. The van der Waals surface area contributed by atoms with Crippen LogP contribution in [-0.4, -0.2) is 18.1 Å². The lowest BCUT2D eigenvalue weighted by Crippen LogP contribution is -2.30. The summed E-state index contributed by atoms with van der Waals surface area (Å²) >= 11 is 0. The largest absolute Gasteiger partial charge is 0.358 e. The molecule has 2 nitrogen and oxygen atoms in total. The molecule has 2 heterocycles. The normalized spacial score (nSPS) is 20.4. The molecule has 0 bridgehead atoms. The number of H-pyrrole nitrogens is 1. The molecule has 1 aliphatic heterocycles. The summed E-state index contributed by atoms with van der Waals surface area (Å²) in [6, 6.07) is 6.62. The maximum atomic E-state index is 3.56. The van der Waals surface area contributed by atoms with Crippen LogP contribution >= 0.6 is 0 Å². The summed E-state index contributed by atoms with van der Waals surface area (Å²) in [5.74, 6) is 0.803. The number of para-hydroxylation sites is 1. The van der Waals surface area contributed by atoms with Gasteiger partial charge in [0.05, 0.1) is 0 Å². The van der Waals surface area contributed by atoms with E-state index in [0.29, 0.717) is 0 Å². The fourth-order valence-corrected chi connectivity index (χ4v) is 3.20. The van der Waals surface area contributed by atoms with E-state index in [1.807, 2.05) is 0 Å². The molecule has 1 fully saturated rings. The summed E-state index contributed by atoms with van der Waals surface area (Å²) in [5, 5.41) is 4.94. The second-order valence-corrected chi connectivity index (χ2v) is 5.64. The minimum Gasteiger partial charge on any atom is -0.358 e. The van der Waals surface area contributed by atoms with E-state index in [1.165, 1.54) is 60.1 Å². The molecule has 0 radical (unpaired) electrons. The average molecular weight is 242 g/mol. The molecule has 1 saturated heterocycles. The van der Waals surface area contributed by atoms with Crippen LogP contribution in [-0.2, 0) is 6.42 Å². The average Bonchev–Trinajstić information content (AvgIpc) is 2.70. The van der Waals surface area contributed by atoms with E-state index in [4.69, 9.17) is 0 Å². The van der Waals surface area contributed by atoms with Crippen molar-refractivity contribution in [2.45, 2.75) is 33.1 Å². The molecule has 3 rings (SSSR count). The number of aromatic amines is 1. The van der Waals surface area contributed by atoms with Crippen molar-refractivity contribution in [3.63, 3.8) is 0 Å². The highest BCUT2D eigenvalue weighted by Crippen LogP contribution is 2.28. The lowest BCUT2D eigenvalue weighted by Gasteiger charge is -2.22. The fourth-order valence-electron chi connectivity index (χ4n) is 3.20. The highest BCUT2D eigenvalue weighted by Gasteiger charge is 2.17. The topological polar surface area (TPSA) is 27.8 Å². The van der Waals surface area contributed by atoms with Crippen LogP contribution in [0.1, 0.15) is 29.7 Å². The molecule has 2 heteroatoms. The van der Waals surface area contributed by atoms with Crippen LogP contribution in [0, 0.1) is 19.8 Å². The second-order valence-electron chi connectivity index (χ2n) is 5.64. The molecule has 1 aromatic heterocycles. The van der Waals surface area contributed by atoms with Gasteiger partial charge in [0.15, 0.2) is 0 Å². The SMILES string of the molecule is Cc1[nH]c2c(C)cccc2c1CC1CCCNC1. The molecule has 0 saturated carbocycles. The molecule has 96 valence electrons. The number of aryl methyl sites for hydroxylation is 2. The predicted octanol–water partition coefficient (Wildman–Crippen LogP) is 3.33. The summed E-state index contributed by atoms with van der Waals surface area (Å²) in [4.78, 5) is 3.56. The van der Waals surface area contributed by atoms with Gasteiger partial charge >= 0.3 is 0 Å². The van der Waals surface area contributed by atoms with Crippen molar-refractivity contribution in [2.24, 2.45) is 5.92 Å². The first-order chi connectivity index (χ1) is 8.75. The molecular formula is C16H22N2. The molecule has 0 aliphatic carbocycles. The maximum absolute atomic E-state index is 3.56. The van der Waals surface area contributed by atoms with Gasteiger partial charge in [-0.2, -0.15) is 0 Å². The Morgan fingerprint density at radius 1 is 1.28 bits per heavy atom. The van der Waals surface area contributed by atoms with E-state index in [0.717, 1.165) is 5.92 Å². The number of hydrogen-bond acceptors (Lipinski definition) is 1. The van der Waals surface area contributed by atoms with Gasteiger partial charge in [0.2, 0.25) is 0 Å². The van der Waals surface area contributed by atoms with E-state index < -0.39 is 0 Å². The van der Waals surface area contributed by atoms with Crippen LogP contribution in [0.5, 0.6) is 0 Å². The van der Waals surface area contributed by atoms with Crippen molar-refractivity contribution in [2.75, 3.05) is 13.1 Å². The van der Waals surface area contributed by atoms with Gasteiger partial charge in [0.1, 0.15) is 0 Å². The van der Waals surface area contributed by atoms with Gasteiger partial charge in [-0.15, -0.1) is 0 Å². The maximum Gasteiger partial charge on any atom is 0.0488 e. The van der Waals surface area contributed by atoms with E-state index in [-0.39, 0.29) is 0 Å². The molecular weight excluding hydrogens is 220 g/mol. The lowest BCUT2D eigenvalue weighted by molar-refractivity contribution is 0.376. The van der Waals surface area contributed by atoms with E-state index >= 15 is 0 Å². The molecule has 0 spiro atoms. The zero-order valence-corrected chi connectivity index (χ0v) is 11.3. The number of aromatic nitrogens is 1. The first-order valence-electron chi connectivity index (χ1n) is 7.03. The van der Waals surface area contributed by atoms with Crippen LogP contribution < -0.4 is 5.32 Å². The molecule has 2 aromatic rings. The summed E-state index contributed by atoms with van der Waals surface area (Å²) in [6.07, 6.45) is 3.90. The Labute approximate surface area is 109 Å². The van der Waals surface area contributed by atoms with Crippen molar-refractivity contribution >= 4 is 10.9 Å². The molecule has 1 atom stereocenters. The third-order valence-corrected chi connectivity index (χ3v) is 4.25. The third kappa shape index (κ3) is 2.05. The molecule has 1 aromatic carbocycles. The summed E-state index contributed by atoms with van der Waals surface area (Å²) in [5.41, 5.74) is 5.56. The van der Waals surface area contributed by atoms with Crippen LogP contribution in [0.15, 0.2) is 18.2 Å². The van der Waals surface area contributed by atoms with Gasteiger partial charge in [-0.05, 0) is 63.2 Å². The van der Waals surface area contributed by atoms with Gasteiger partial charge in [-0.3, -0.25) is 0 Å². The molecule has 2 N–H and O–H groups in total. The quantitative estimate of drug-likeness (QED) is 0.830. The van der Waals surface area contributed by atoms with Gasteiger partial charge in [-0.25, -0.2) is 0 Å². The summed E-state index contributed by atoms with van der Waals surface area (Å²) < 4.78 is 0. The first kappa shape index (κ1) is 11.8. The number of fused-ring (bicyclic) bond motifs is 1. The minimum atomic E-state index is 0.803. The zero-order chi connectivity index (χ0) is 12.5.